The van der Waals surface area contributed by atoms with Crippen molar-refractivity contribution in [3.63, 3.8) is 0 Å². The van der Waals surface area contributed by atoms with Crippen LogP contribution >= 0.6 is 11.3 Å². The van der Waals surface area contributed by atoms with Gasteiger partial charge in [0.25, 0.3) is 0 Å². The average Bonchev–Trinajstić information content (AvgIpc) is 2.89. The molecule has 0 aliphatic rings. The first-order valence-corrected chi connectivity index (χ1v) is 12.6. The predicted molar refractivity (Wildman–Crippen MR) is 111 cm³/mol. The van der Waals surface area contributed by atoms with E-state index in [0.29, 0.717) is 0 Å². The van der Waals surface area contributed by atoms with Crippen LogP contribution in [-0.2, 0) is 10.8 Å². The van der Waals surface area contributed by atoms with E-state index in [-0.39, 0.29) is 5.04 Å². The van der Waals surface area contributed by atoms with Crippen LogP contribution in [0.1, 0.15) is 32.8 Å². The molecule has 0 unspecified atom stereocenters. The number of hydrogen-bond acceptors (Lipinski definition) is 2. The summed E-state index contributed by atoms with van der Waals surface area (Å²) in [4.78, 5) is 0. The maximum absolute atomic E-state index is 6.34. The summed E-state index contributed by atoms with van der Waals surface area (Å²) in [6.07, 6.45) is 2.18. The third kappa shape index (κ3) is 3.44. The van der Waals surface area contributed by atoms with E-state index in [9.17, 15) is 0 Å². The summed E-state index contributed by atoms with van der Waals surface area (Å²) in [5.41, 5.74) is 1.46. The lowest BCUT2D eigenvalue weighted by molar-refractivity contribution is 0.282. The first kappa shape index (κ1) is 17.7. The average molecular weight is 357 g/mol. The zero-order valence-electron chi connectivity index (χ0n) is 15.5. The Morgan fingerprint density at radius 1 is 0.958 bits per heavy atom. The van der Waals surface area contributed by atoms with Gasteiger partial charge in [0, 0.05) is 26.8 Å². The molecular weight excluding hydrogens is 328 g/mol. The molecule has 0 saturated carbocycles. The van der Waals surface area contributed by atoms with Gasteiger partial charge < -0.3 is 4.43 Å². The molecule has 24 heavy (non-hydrogen) atoms. The minimum atomic E-state index is -1.63. The van der Waals surface area contributed by atoms with E-state index in [1.54, 1.807) is 0 Å². The van der Waals surface area contributed by atoms with Gasteiger partial charge in [0.15, 0.2) is 8.32 Å². The summed E-state index contributed by atoms with van der Waals surface area (Å²) in [7, 11) is -1.63. The van der Waals surface area contributed by atoms with E-state index in [1.165, 1.54) is 25.7 Å². The molecule has 2 aromatic carbocycles. The number of aryl methyl sites for hydroxylation is 1. The molecule has 0 radical (unpaired) electrons. The number of thiophene rings is 1. The van der Waals surface area contributed by atoms with Gasteiger partial charge in [0.05, 0.1) is 0 Å². The van der Waals surface area contributed by atoms with Crippen LogP contribution in [0.4, 0.5) is 0 Å². The zero-order valence-corrected chi connectivity index (χ0v) is 17.3. The predicted octanol–water partition coefficient (Wildman–Crippen LogP) is 7.01. The molecule has 3 rings (SSSR count). The van der Waals surface area contributed by atoms with Crippen LogP contribution in [0.5, 0.6) is 0 Å². The fourth-order valence-corrected chi connectivity index (χ4v) is 5.10. The molecule has 0 aliphatic carbocycles. The number of rotatable bonds is 5. The van der Waals surface area contributed by atoms with Gasteiger partial charge in [0.2, 0.25) is 0 Å². The molecule has 0 saturated heterocycles. The number of fused-ring (bicyclic) bond motifs is 3. The molecule has 0 bridgehead atoms. The first-order valence-electron chi connectivity index (χ1n) is 8.83. The SMILES string of the molecule is CC(C)(C)[Si](C)(C)OCCCc1cccc2sc3ccccc3c12. The molecule has 0 amide bonds. The van der Waals surface area contributed by atoms with Crippen molar-refractivity contribution in [1.29, 1.82) is 0 Å². The van der Waals surface area contributed by atoms with Crippen molar-refractivity contribution in [3.05, 3.63) is 48.0 Å². The molecule has 1 aromatic heterocycles. The van der Waals surface area contributed by atoms with Gasteiger partial charge in [-0.2, -0.15) is 0 Å². The van der Waals surface area contributed by atoms with Crippen molar-refractivity contribution in [1.82, 2.24) is 0 Å². The minimum Gasteiger partial charge on any atom is -0.417 e. The maximum atomic E-state index is 6.34. The number of hydrogen-bond donors (Lipinski definition) is 0. The molecule has 0 atom stereocenters. The van der Waals surface area contributed by atoms with Gasteiger partial charge in [-0.3, -0.25) is 0 Å². The Morgan fingerprint density at radius 2 is 1.67 bits per heavy atom. The van der Waals surface area contributed by atoms with Crippen molar-refractivity contribution in [2.45, 2.75) is 51.7 Å². The highest BCUT2D eigenvalue weighted by molar-refractivity contribution is 7.25. The Balaban J connectivity index is 1.74. The van der Waals surface area contributed by atoms with Crippen molar-refractivity contribution in [3.8, 4) is 0 Å². The van der Waals surface area contributed by atoms with Crippen LogP contribution in [-0.4, -0.2) is 14.9 Å². The molecule has 1 nitrogen and oxygen atoms in total. The smallest absolute Gasteiger partial charge is 0.191 e. The van der Waals surface area contributed by atoms with Crippen molar-refractivity contribution in [2.24, 2.45) is 0 Å². The highest BCUT2D eigenvalue weighted by Crippen LogP contribution is 2.37. The Kier molecular flexibility index (Phi) is 4.87. The highest BCUT2D eigenvalue weighted by atomic mass is 32.1. The van der Waals surface area contributed by atoms with Crippen molar-refractivity contribution >= 4 is 39.8 Å². The third-order valence-electron chi connectivity index (χ3n) is 5.35. The highest BCUT2D eigenvalue weighted by Gasteiger charge is 2.36. The molecule has 3 aromatic rings. The second-order valence-electron chi connectivity index (χ2n) is 8.10. The number of benzene rings is 2. The van der Waals surface area contributed by atoms with Crippen LogP contribution in [0.2, 0.25) is 18.1 Å². The molecule has 128 valence electrons. The topological polar surface area (TPSA) is 9.23 Å². The first-order chi connectivity index (χ1) is 11.3. The Labute approximate surface area is 150 Å². The van der Waals surface area contributed by atoms with Crippen molar-refractivity contribution < 1.29 is 4.43 Å². The van der Waals surface area contributed by atoms with Crippen LogP contribution in [0, 0.1) is 0 Å². The lowest BCUT2D eigenvalue weighted by Crippen LogP contribution is -2.41. The second-order valence-corrected chi connectivity index (χ2v) is 14.0. The summed E-state index contributed by atoms with van der Waals surface area (Å²) in [5.74, 6) is 0. The summed E-state index contributed by atoms with van der Waals surface area (Å²) >= 11 is 1.90. The van der Waals surface area contributed by atoms with E-state index in [1.807, 2.05) is 11.3 Å². The van der Waals surface area contributed by atoms with Crippen LogP contribution in [0.25, 0.3) is 20.2 Å². The lowest BCUT2D eigenvalue weighted by atomic mass is 10.0. The standard InChI is InChI=1S/C21H28OSSi/c1-21(2,3)24(4,5)22-15-9-11-16-10-8-14-19-20(16)17-12-6-7-13-18(17)23-19/h6-8,10,12-14H,9,11,15H2,1-5H3. The largest absolute Gasteiger partial charge is 0.417 e. The molecule has 0 aliphatic heterocycles. The quantitative estimate of drug-likeness (QED) is 0.353. The van der Waals surface area contributed by atoms with Gasteiger partial charge in [-0.25, -0.2) is 0 Å². The van der Waals surface area contributed by atoms with Crippen LogP contribution in [0.3, 0.4) is 0 Å². The Morgan fingerprint density at radius 3 is 2.42 bits per heavy atom. The fourth-order valence-electron chi connectivity index (χ4n) is 2.86. The van der Waals surface area contributed by atoms with E-state index in [0.717, 1.165) is 19.4 Å². The maximum Gasteiger partial charge on any atom is 0.191 e. The van der Waals surface area contributed by atoms with Gasteiger partial charge in [-0.15, -0.1) is 11.3 Å². The zero-order chi connectivity index (χ0) is 17.4. The van der Waals surface area contributed by atoms with Gasteiger partial charge in [-0.05, 0) is 48.7 Å². The molecule has 0 N–H and O–H groups in total. The third-order valence-corrected chi connectivity index (χ3v) is 11.0. The van der Waals surface area contributed by atoms with Crippen LogP contribution in [0.15, 0.2) is 42.5 Å². The van der Waals surface area contributed by atoms with E-state index in [2.05, 4.69) is 76.3 Å². The summed E-state index contributed by atoms with van der Waals surface area (Å²) in [5, 5.41) is 3.14. The molecule has 0 spiro atoms. The summed E-state index contributed by atoms with van der Waals surface area (Å²) in [6.45, 7) is 12.4. The Hall–Kier alpha value is -1.16. The van der Waals surface area contributed by atoms with Gasteiger partial charge >= 0.3 is 0 Å². The molecule has 1 heterocycles. The van der Waals surface area contributed by atoms with Gasteiger partial charge in [0.1, 0.15) is 0 Å². The molecule has 0 fully saturated rings. The van der Waals surface area contributed by atoms with Crippen molar-refractivity contribution in [2.75, 3.05) is 6.61 Å². The summed E-state index contributed by atoms with van der Waals surface area (Å²) < 4.78 is 9.13. The van der Waals surface area contributed by atoms with Gasteiger partial charge in [-0.1, -0.05) is 51.1 Å². The van der Waals surface area contributed by atoms with E-state index < -0.39 is 8.32 Å². The minimum absolute atomic E-state index is 0.288. The second kappa shape index (κ2) is 6.62. The fraction of sp³-hybridized carbons (Fsp3) is 0.429. The normalized spacial score (nSPS) is 13.0. The molecular formula is C21H28OSSi. The lowest BCUT2D eigenvalue weighted by Gasteiger charge is -2.36. The monoisotopic (exact) mass is 356 g/mol. The van der Waals surface area contributed by atoms with Crippen LogP contribution < -0.4 is 0 Å². The van der Waals surface area contributed by atoms with E-state index >= 15 is 0 Å². The molecule has 3 heteroatoms. The Bertz CT molecular complexity index is 842. The van der Waals surface area contributed by atoms with E-state index in [4.69, 9.17) is 4.43 Å². The summed E-state index contributed by atoms with van der Waals surface area (Å²) in [6, 6.07) is 15.5.